The van der Waals surface area contributed by atoms with Crippen molar-refractivity contribution in [3.05, 3.63) is 90.5 Å². The van der Waals surface area contributed by atoms with E-state index in [1.807, 2.05) is 0 Å². The van der Waals surface area contributed by atoms with Crippen LogP contribution in [0.25, 0.3) is 65.9 Å². The third-order valence-electron chi connectivity index (χ3n) is 9.69. The van der Waals surface area contributed by atoms with Crippen LogP contribution in [0.1, 0.15) is 5.56 Å². The number of hydrogen-bond donors (Lipinski definition) is 0. The van der Waals surface area contributed by atoms with Gasteiger partial charge in [0.05, 0.1) is 29.0 Å². The Morgan fingerprint density at radius 3 is 2.50 bits per heavy atom. The zero-order chi connectivity index (χ0) is 26.0. The summed E-state index contributed by atoms with van der Waals surface area (Å²) in [7, 11) is 2.19. The highest BCUT2D eigenvalue weighted by molar-refractivity contribution is 7.00. The molecule has 6 heteroatoms. The summed E-state index contributed by atoms with van der Waals surface area (Å²) < 4.78 is 14.1. The molecule has 5 nitrogen and oxygen atoms in total. The van der Waals surface area contributed by atoms with Gasteiger partial charge in [-0.2, -0.15) is 4.40 Å². The van der Waals surface area contributed by atoms with E-state index in [9.17, 15) is 0 Å². The normalized spacial score (nSPS) is 13.9. The maximum atomic E-state index is 6.89. The average molecular weight is 511 g/mol. The fourth-order valence-corrected chi connectivity index (χ4v) is 8.22. The molecule has 2 aliphatic rings. The molecule has 0 unspecified atom stereocenters. The average Bonchev–Trinajstić information content (AvgIpc) is 3.53. The lowest BCUT2D eigenvalue weighted by atomic mass is 9.34. The first-order chi connectivity index (χ1) is 19.7. The van der Waals surface area contributed by atoms with Gasteiger partial charge in [-0.3, -0.25) is 4.40 Å². The van der Waals surface area contributed by atoms with Crippen LogP contribution in [-0.2, 0) is 7.05 Å². The van der Waals surface area contributed by atoms with E-state index >= 15 is 0 Å². The second kappa shape index (κ2) is 6.21. The Morgan fingerprint density at radius 2 is 1.55 bits per heavy atom. The van der Waals surface area contributed by atoms with Gasteiger partial charge in [0.15, 0.2) is 11.0 Å². The van der Waals surface area contributed by atoms with Crippen LogP contribution < -0.4 is 25.7 Å². The van der Waals surface area contributed by atoms with Gasteiger partial charge in [0.25, 0.3) is 12.4 Å². The Morgan fingerprint density at radius 1 is 0.750 bits per heavy atom. The predicted molar refractivity (Wildman–Crippen MR) is 162 cm³/mol. The van der Waals surface area contributed by atoms with Crippen molar-refractivity contribution in [2.75, 3.05) is 0 Å². The van der Waals surface area contributed by atoms with E-state index < -0.39 is 0 Å². The zero-order valence-electron chi connectivity index (χ0n) is 21.9. The molecule has 4 aromatic heterocycles. The largest absolute Gasteiger partial charge is 0.458 e. The Hall–Kier alpha value is -5.10. The topological polar surface area (TPSA) is 34.8 Å². The van der Waals surface area contributed by atoms with Crippen molar-refractivity contribution in [2.24, 2.45) is 7.05 Å². The molecule has 40 heavy (non-hydrogen) atoms. The summed E-state index contributed by atoms with van der Waals surface area (Å²) >= 11 is 0. The fourth-order valence-electron chi connectivity index (χ4n) is 8.22. The van der Waals surface area contributed by atoms with Crippen LogP contribution in [0.3, 0.4) is 0 Å². The number of aromatic nitrogens is 4. The van der Waals surface area contributed by atoms with Gasteiger partial charge in [0.1, 0.15) is 22.7 Å². The van der Waals surface area contributed by atoms with Crippen molar-refractivity contribution in [1.29, 1.82) is 0 Å². The standard InChI is InChI=1S/C34H20BN4O/c1-17-26-28-27-18(9-7-15-24(27)38-23-14-5-4-13-22(23)37(2)34(26)38)33-36-21-12-8-11-20-30(21)39(33)31(28)29-32(17)40-25-16-6-3-10-19(25)35(20)29/h3-16H,1-2H3/q+1. The first kappa shape index (κ1) is 19.9. The maximum Gasteiger partial charge on any atom is 0.295 e. The van der Waals surface area contributed by atoms with Crippen LogP contribution in [0.4, 0.5) is 0 Å². The highest BCUT2D eigenvalue weighted by Crippen LogP contribution is 2.46. The van der Waals surface area contributed by atoms with Gasteiger partial charge in [-0.05, 0) is 53.6 Å². The lowest BCUT2D eigenvalue weighted by Gasteiger charge is -2.33. The molecule has 6 heterocycles. The van der Waals surface area contributed by atoms with E-state index in [1.165, 1.54) is 76.7 Å². The van der Waals surface area contributed by atoms with Gasteiger partial charge >= 0.3 is 0 Å². The van der Waals surface area contributed by atoms with Crippen molar-refractivity contribution in [3.63, 3.8) is 0 Å². The van der Waals surface area contributed by atoms with Gasteiger partial charge in [0.2, 0.25) is 0 Å². The van der Waals surface area contributed by atoms with Crippen LogP contribution in [0, 0.1) is 6.92 Å². The molecule has 5 aromatic carbocycles. The van der Waals surface area contributed by atoms with Crippen molar-refractivity contribution < 1.29 is 9.30 Å². The molecule has 0 aliphatic carbocycles. The number of aryl methyl sites for hydroxylation is 2. The van der Waals surface area contributed by atoms with E-state index in [4.69, 9.17) is 9.72 Å². The molecule has 0 spiro atoms. The molecule has 0 radical (unpaired) electrons. The predicted octanol–water partition coefficient (Wildman–Crippen LogP) is 4.86. The van der Waals surface area contributed by atoms with Gasteiger partial charge in [0, 0.05) is 21.7 Å². The van der Waals surface area contributed by atoms with Gasteiger partial charge < -0.3 is 4.74 Å². The van der Waals surface area contributed by atoms with Crippen LogP contribution in [0.15, 0.2) is 84.9 Å². The molecule has 0 saturated heterocycles. The number of para-hydroxylation sites is 4. The Bertz CT molecular complexity index is 2660. The number of ether oxygens (including phenoxy) is 1. The molecule has 0 saturated carbocycles. The lowest BCUT2D eigenvalue weighted by Crippen LogP contribution is -2.57. The second-order valence-electron chi connectivity index (χ2n) is 11.4. The minimum absolute atomic E-state index is 0.0925. The summed E-state index contributed by atoms with van der Waals surface area (Å²) in [5, 5.41) is 5.02. The highest BCUT2D eigenvalue weighted by Gasteiger charge is 2.42. The molecule has 0 amide bonds. The number of imidazole rings is 2. The van der Waals surface area contributed by atoms with E-state index in [0.29, 0.717) is 0 Å². The number of rotatable bonds is 0. The Labute approximate surface area is 227 Å². The van der Waals surface area contributed by atoms with Crippen LogP contribution >= 0.6 is 0 Å². The SMILES string of the molecule is Cc1c2c3c4c5c1c1n(c6cccc(c56)c5nc6cccc(c6n54)B3c3ccccc3O2)c2ccccc2[n+]1C. The lowest BCUT2D eigenvalue weighted by molar-refractivity contribution is -0.617. The number of fused-ring (bicyclic) bond motifs is 9. The molecule has 2 aliphatic heterocycles. The number of benzene rings is 5. The second-order valence-corrected chi connectivity index (χ2v) is 11.4. The minimum atomic E-state index is 0.0925. The highest BCUT2D eigenvalue weighted by atomic mass is 16.5. The van der Waals surface area contributed by atoms with E-state index in [2.05, 4.69) is 112 Å². The van der Waals surface area contributed by atoms with Crippen molar-refractivity contribution in [1.82, 2.24) is 13.8 Å². The Kier molecular flexibility index (Phi) is 3.09. The molecule has 9 aromatic rings. The molecule has 11 rings (SSSR count). The third kappa shape index (κ3) is 1.90. The smallest absolute Gasteiger partial charge is 0.295 e. The quantitative estimate of drug-likeness (QED) is 0.166. The van der Waals surface area contributed by atoms with Crippen molar-refractivity contribution in [2.45, 2.75) is 6.92 Å². The molecular formula is C34H20BN4O+. The minimum Gasteiger partial charge on any atom is -0.458 e. The summed E-state index contributed by atoms with van der Waals surface area (Å²) in [6.07, 6.45) is 0. The maximum absolute atomic E-state index is 6.89. The Balaban J connectivity index is 1.57. The molecule has 0 atom stereocenters. The van der Waals surface area contributed by atoms with Crippen LogP contribution in [-0.4, -0.2) is 20.5 Å². The molecular weight excluding hydrogens is 491 g/mol. The number of nitrogens with zero attached hydrogens (tertiary/aromatic N) is 4. The molecule has 0 fully saturated rings. The van der Waals surface area contributed by atoms with Crippen molar-refractivity contribution >= 4 is 89.0 Å². The van der Waals surface area contributed by atoms with Gasteiger partial charge in [-0.15, -0.1) is 0 Å². The number of hydrogen-bond acceptors (Lipinski definition) is 2. The van der Waals surface area contributed by atoms with Crippen molar-refractivity contribution in [3.8, 4) is 11.5 Å². The summed E-state index contributed by atoms with van der Waals surface area (Å²) in [5.74, 6) is 1.93. The molecule has 0 N–H and O–H groups in total. The van der Waals surface area contributed by atoms with Gasteiger partial charge in [-0.25, -0.2) is 9.55 Å². The first-order valence-corrected chi connectivity index (χ1v) is 13.9. The van der Waals surface area contributed by atoms with E-state index in [-0.39, 0.29) is 6.71 Å². The monoisotopic (exact) mass is 511 g/mol. The third-order valence-corrected chi connectivity index (χ3v) is 9.69. The van der Waals surface area contributed by atoms with E-state index in [1.54, 1.807) is 0 Å². The van der Waals surface area contributed by atoms with E-state index in [0.717, 1.165) is 22.7 Å². The van der Waals surface area contributed by atoms with Crippen LogP contribution in [0.2, 0.25) is 0 Å². The number of pyridine rings is 2. The summed E-state index contributed by atoms with van der Waals surface area (Å²) in [5.41, 5.74) is 14.3. The fraction of sp³-hybridized carbons (Fsp3) is 0.0588. The zero-order valence-corrected chi connectivity index (χ0v) is 21.9. The molecule has 184 valence electrons. The summed E-state index contributed by atoms with van der Waals surface area (Å²) in [6, 6.07) is 30.6. The van der Waals surface area contributed by atoms with Crippen LogP contribution in [0.5, 0.6) is 11.5 Å². The first-order valence-electron chi connectivity index (χ1n) is 13.9. The summed E-state index contributed by atoms with van der Waals surface area (Å²) in [4.78, 5) is 5.31. The van der Waals surface area contributed by atoms with Gasteiger partial charge in [-0.1, -0.05) is 54.6 Å². The summed E-state index contributed by atoms with van der Waals surface area (Å²) in [6.45, 7) is 2.34. The molecule has 0 bridgehead atoms.